The highest BCUT2D eigenvalue weighted by Crippen LogP contribution is 2.38. The minimum atomic E-state index is 0.0992. The number of hydrogen-bond donors (Lipinski definition) is 1. The van der Waals surface area contributed by atoms with Crippen molar-refractivity contribution >= 4 is 34.7 Å². The standard InChI is InChI=1S/C28H29ClN4/c1-6-21-12-13-24(18-26(21)30-4)32(5)28-17-23(16-25(29)19(28)2)27-14-15-31-33(27)20(3)22-10-8-7-9-11-22/h6-18,20,30H,1H2,2-5H3. The van der Waals surface area contributed by atoms with Gasteiger partial charge in [0.1, 0.15) is 0 Å². The van der Waals surface area contributed by atoms with E-state index in [9.17, 15) is 0 Å². The number of anilines is 3. The van der Waals surface area contributed by atoms with E-state index in [4.69, 9.17) is 11.6 Å². The largest absolute Gasteiger partial charge is 0.388 e. The van der Waals surface area contributed by atoms with E-state index >= 15 is 0 Å². The number of nitrogens with zero attached hydrogens (tertiary/aromatic N) is 3. The van der Waals surface area contributed by atoms with Crippen molar-refractivity contribution in [2.45, 2.75) is 19.9 Å². The second-order valence-electron chi connectivity index (χ2n) is 8.13. The highest BCUT2D eigenvalue weighted by Gasteiger charge is 2.18. The SMILES string of the molecule is C=Cc1ccc(N(C)c2cc(-c3ccnn3C(C)c3ccccc3)cc(Cl)c2C)cc1NC. The Balaban J connectivity index is 1.77. The first-order chi connectivity index (χ1) is 15.9. The van der Waals surface area contributed by atoms with Crippen LogP contribution in [0.1, 0.15) is 29.7 Å². The molecule has 4 nitrogen and oxygen atoms in total. The van der Waals surface area contributed by atoms with E-state index < -0.39 is 0 Å². The lowest BCUT2D eigenvalue weighted by Gasteiger charge is -2.25. The maximum absolute atomic E-state index is 6.74. The van der Waals surface area contributed by atoms with Crippen LogP contribution in [0, 0.1) is 6.92 Å². The molecule has 0 bridgehead atoms. The Bertz CT molecular complexity index is 1280. The van der Waals surface area contributed by atoms with Crippen molar-refractivity contribution in [3.63, 3.8) is 0 Å². The Labute approximate surface area is 201 Å². The first-order valence-corrected chi connectivity index (χ1v) is 11.4. The minimum absolute atomic E-state index is 0.0992. The topological polar surface area (TPSA) is 33.1 Å². The molecule has 5 heteroatoms. The van der Waals surface area contributed by atoms with Gasteiger partial charge in [0.2, 0.25) is 0 Å². The van der Waals surface area contributed by atoms with E-state index in [-0.39, 0.29) is 6.04 Å². The average molecular weight is 457 g/mol. The predicted octanol–water partition coefficient (Wildman–Crippen LogP) is 7.57. The zero-order valence-corrected chi connectivity index (χ0v) is 20.3. The average Bonchev–Trinajstić information content (AvgIpc) is 3.34. The molecule has 3 aromatic carbocycles. The molecule has 0 aliphatic carbocycles. The molecular formula is C28H29ClN4. The van der Waals surface area contributed by atoms with Crippen LogP contribution in [0.15, 0.2) is 79.5 Å². The normalized spacial score (nSPS) is 11.8. The molecule has 0 aliphatic heterocycles. The fraction of sp³-hybridized carbons (Fsp3) is 0.179. The molecule has 1 N–H and O–H groups in total. The molecule has 0 saturated carbocycles. The van der Waals surface area contributed by atoms with Crippen LogP contribution in [0.4, 0.5) is 17.1 Å². The first kappa shape index (κ1) is 22.7. The van der Waals surface area contributed by atoms with Crippen molar-refractivity contribution in [2.24, 2.45) is 0 Å². The molecule has 33 heavy (non-hydrogen) atoms. The Morgan fingerprint density at radius 3 is 2.55 bits per heavy atom. The highest BCUT2D eigenvalue weighted by molar-refractivity contribution is 6.32. The molecule has 168 valence electrons. The van der Waals surface area contributed by atoms with Crippen LogP contribution in [0.25, 0.3) is 17.3 Å². The van der Waals surface area contributed by atoms with Crippen molar-refractivity contribution < 1.29 is 0 Å². The monoisotopic (exact) mass is 456 g/mol. The predicted molar refractivity (Wildman–Crippen MR) is 142 cm³/mol. The molecule has 0 amide bonds. The summed E-state index contributed by atoms with van der Waals surface area (Å²) in [5.74, 6) is 0. The van der Waals surface area contributed by atoms with Gasteiger partial charge in [-0.3, -0.25) is 4.68 Å². The van der Waals surface area contributed by atoms with E-state index in [1.807, 2.05) is 37.5 Å². The molecule has 1 unspecified atom stereocenters. The van der Waals surface area contributed by atoms with Crippen LogP contribution in [0.3, 0.4) is 0 Å². The van der Waals surface area contributed by atoms with E-state index in [0.717, 1.165) is 44.5 Å². The number of rotatable bonds is 7. The smallest absolute Gasteiger partial charge is 0.0747 e. The molecule has 0 radical (unpaired) electrons. The number of nitrogens with one attached hydrogen (secondary N) is 1. The van der Waals surface area contributed by atoms with Crippen molar-refractivity contribution in [3.05, 3.63) is 101 Å². The van der Waals surface area contributed by atoms with Gasteiger partial charge in [-0.1, -0.05) is 60.7 Å². The quantitative estimate of drug-likeness (QED) is 0.311. The van der Waals surface area contributed by atoms with E-state index in [1.165, 1.54) is 5.56 Å². The van der Waals surface area contributed by atoms with Crippen LogP contribution in [0.5, 0.6) is 0 Å². The third-order valence-electron chi connectivity index (χ3n) is 6.21. The third-order valence-corrected chi connectivity index (χ3v) is 6.60. The zero-order chi connectivity index (χ0) is 23.5. The van der Waals surface area contributed by atoms with Crippen molar-refractivity contribution in [2.75, 3.05) is 24.3 Å². The lowest BCUT2D eigenvalue weighted by Crippen LogP contribution is -2.13. The molecule has 0 spiro atoms. The van der Waals surface area contributed by atoms with Gasteiger partial charge in [0.05, 0.1) is 11.7 Å². The molecule has 0 saturated heterocycles. The number of halogens is 1. The first-order valence-electron chi connectivity index (χ1n) is 11.0. The summed E-state index contributed by atoms with van der Waals surface area (Å²) in [6, 6.07) is 23.1. The molecule has 1 aromatic heterocycles. The minimum Gasteiger partial charge on any atom is -0.388 e. The van der Waals surface area contributed by atoms with Crippen LogP contribution < -0.4 is 10.2 Å². The summed E-state index contributed by atoms with van der Waals surface area (Å²) in [4.78, 5) is 2.17. The summed E-state index contributed by atoms with van der Waals surface area (Å²) < 4.78 is 2.05. The van der Waals surface area contributed by atoms with Gasteiger partial charge in [-0.05, 0) is 60.9 Å². The van der Waals surface area contributed by atoms with Gasteiger partial charge in [-0.25, -0.2) is 0 Å². The molecule has 4 rings (SSSR count). The van der Waals surface area contributed by atoms with Gasteiger partial charge in [-0.2, -0.15) is 5.10 Å². The molecular weight excluding hydrogens is 428 g/mol. The lowest BCUT2D eigenvalue weighted by atomic mass is 10.0. The summed E-state index contributed by atoms with van der Waals surface area (Å²) in [6.07, 6.45) is 3.70. The van der Waals surface area contributed by atoms with Crippen LogP contribution in [-0.2, 0) is 0 Å². The van der Waals surface area contributed by atoms with E-state index in [1.54, 1.807) is 0 Å². The van der Waals surface area contributed by atoms with Crippen molar-refractivity contribution in [1.29, 1.82) is 0 Å². The fourth-order valence-corrected chi connectivity index (χ4v) is 4.39. The summed E-state index contributed by atoms with van der Waals surface area (Å²) in [6.45, 7) is 8.12. The molecule has 1 heterocycles. The van der Waals surface area contributed by atoms with E-state index in [2.05, 4.69) is 96.0 Å². The maximum atomic E-state index is 6.74. The Hall–Kier alpha value is -3.50. The van der Waals surface area contributed by atoms with Crippen molar-refractivity contribution in [1.82, 2.24) is 9.78 Å². The van der Waals surface area contributed by atoms with Gasteiger partial charge in [0, 0.05) is 47.9 Å². The molecule has 0 aliphatic rings. The fourth-order valence-electron chi connectivity index (χ4n) is 4.17. The van der Waals surface area contributed by atoms with Crippen LogP contribution in [0.2, 0.25) is 5.02 Å². The third kappa shape index (κ3) is 4.39. The van der Waals surface area contributed by atoms with Gasteiger partial charge in [0.15, 0.2) is 0 Å². The maximum Gasteiger partial charge on any atom is 0.0747 e. The van der Waals surface area contributed by atoms with Crippen LogP contribution in [-0.4, -0.2) is 23.9 Å². The van der Waals surface area contributed by atoms with E-state index in [0.29, 0.717) is 0 Å². The summed E-state index contributed by atoms with van der Waals surface area (Å²) >= 11 is 6.74. The molecule has 1 atom stereocenters. The van der Waals surface area contributed by atoms with Gasteiger partial charge < -0.3 is 10.2 Å². The van der Waals surface area contributed by atoms with Gasteiger partial charge in [-0.15, -0.1) is 0 Å². The Morgan fingerprint density at radius 1 is 1.09 bits per heavy atom. The number of aromatic nitrogens is 2. The number of hydrogen-bond acceptors (Lipinski definition) is 3. The summed E-state index contributed by atoms with van der Waals surface area (Å²) in [7, 11) is 3.98. The van der Waals surface area contributed by atoms with Gasteiger partial charge >= 0.3 is 0 Å². The second-order valence-corrected chi connectivity index (χ2v) is 8.54. The second kappa shape index (κ2) is 9.55. The Kier molecular flexibility index (Phi) is 6.57. The highest BCUT2D eigenvalue weighted by atomic mass is 35.5. The van der Waals surface area contributed by atoms with Gasteiger partial charge in [0.25, 0.3) is 0 Å². The summed E-state index contributed by atoms with van der Waals surface area (Å²) in [5.41, 5.74) is 8.51. The van der Waals surface area contributed by atoms with Crippen LogP contribution >= 0.6 is 11.6 Å². The summed E-state index contributed by atoms with van der Waals surface area (Å²) in [5, 5.41) is 8.62. The zero-order valence-electron chi connectivity index (χ0n) is 19.5. The molecule has 0 fully saturated rings. The molecule has 4 aromatic rings. The van der Waals surface area contributed by atoms with Crippen molar-refractivity contribution in [3.8, 4) is 11.3 Å². The lowest BCUT2D eigenvalue weighted by molar-refractivity contribution is 0.571. The Morgan fingerprint density at radius 2 is 1.85 bits per heavy atom. The number of benzene rings is 3.